The highest BCUT2D eigenvalue weighted by atomic mass is 79.9. The number of alkyl halides is 1. The molecule has 13 heterocycles. The lowest BCUT2D eigenvalue weighted by molar-refractivity contribution is -0.482. The molecule has 4 aromatic rings. The van der Waals surface area contributed by atoms with Crippen molar-refractivity contribution in [2.75, 3.05) is 143 Å². The molecule has 4 aromatic carbocycles. The van der Waals surface area contributed by atoms with Gasteiger partial charge in [-0.25, -0.2) is 0 Å². The number of hydrogen-bond acceptors (Lipinski definition) is 21. The first-order valence-corrected chi connectivity index (χ1v) is 40.5. The number of benzene rings is 4. The third-order valence-corrected chi connectivity index (χ3v) is 22.8. The zero-order valence-corrected chi connectivity index (χ0v) is 65.2. The third-order valence-electron chi connectivity index (χ3n) is 21.9. The largest absolute Gasteiger partial charge is 0.465 e. The van der Waals surface area contributed by atoms with Gasteiger partial charge in [-0.1, -0.05) is 137 Å². The molecular formula is C83H123BrN8O14. The average Bonchev–Trinajstić information content (AvgIpc) is 0.810. The minimum Gasteiger partial charge on any atom is -0.465 e. The van der Waals surface area contributed by atoms with Gasteiger partial charge in [0.2, 0.25) is 6.54 Å². The van der Waals surface area contributed by atoms with Gasteiger partial charge in [0.1, 0.15) is 24.2 Å². The van der Waals surface area contributed by atoms with E-state index in [9.17, 15) is 29.3 Å². The number of nitrogens with one attached hydrogen (secondary N) is 2. The molecule has 0 amide bonds. The maximum atomic E-state index is 12.2. The van der Waals surface area contributed by atoms with E-state index in [-0.39, 0.29) is 54.4 Å². The summed E-state index contributed by atoms with van der Waals surface area (Å²) in [5.41, 5.74) is 10.3. The van der Waals surface area contributed by atoms with E-state index < -0.39 is 11.6 Å². The maximum Gasteiger partial charge on any atom is 0.327 e. The minimum absolute atomic E-state index is 0.00750. The van der Waals surface area contributed by atoms with Gasteiger partial charge in [0, 0.05) is 86.6 Å². The van der Waals surface area contributed by atoms with Gasteiger partial charge in [0.05, 0.1) is 37.9 Å². The first kappa shape index (κ1) is 86.9. The van der Waals surface area contributed by atoms with Crippen LogP contribution in [0.2, 0.25) is 0 Å². The molecule has 6 bridgehead atoms. The minimum atomic E-state index is -0.732. The molecule has 5 atom stereocenters. The standard InChI is InChI=1S/C17H17NO2.C13H11N.C12H20N2O4.C10H19NO3.C10H17NO2.C9H16N2.C6H11BrO.C6H12O2/c1-2-20-16(19)13-18-17(14-9-5-3-6-10-14)15-11-7-4-8-12-15;14-13(11-7-3-1-4-8-11)12-9-5-2-6-10-12;1-2-18-11(15)12(5-8-14(16)17)9-10-3-6-13(12)7-4-10;1-2-14-10(12)9(11)7-8-3-5-13-6-4-8;1-2-13-10(12)9-7-8-3-5-11(9)6-4-8;1-3-11-4-2-7(1)8-5-10-6-9(8)11;2*7-5-6-1-3-8-4-2-6/h3-12H,2,13H2,1H3;1-10,14H;10H,2-9H2,1H3;8-9H,2-7,11H2,1H3;8-9H,2-7H2,1H3;7-10H,1-6H2;6H,1-5H2;6-7H,1-5H2. The molecule has 0 aromatic heterocycles. The number of nitro groups is 1. The van der Waals surface area contributed by atoms with E-state index in [1.807, 2.05) is 128 Å². The highest BCUT2D eigenvalue weighted by Crippen LogP contribution is 2.42. The van der Waals surface area contributed by atoms with Gasteiger partial charge in [0.25, 0.3) is 0 Å². The Bertz CT molecular complexity index is 3040. The Labute approximate surface area is 639 Å². The molecule has 106 heavy (non-hydrogen) atoms. The number of fused-ring (bicyclic) bond motifs is 8. The lowest BCUT2D eigenvalue weighted by Gasteiger charge is -2.52. The SMILES string of the molecule is BrCC1CCOCC1.C1CN2CCC1C1CNCC12.CCOC(=O)C(N)CC1CCOCC1.CCOC(=O)C1(CC[N+](=O)[O-])CC2CCN1CC2.CCOC(=O)C1CC2CCN1CC2.CCOC(=O)CN=C(c1ccccc1)c1ccccc1.N=C(c1ccccc1)c1ccccc1.OCC1CCOCC1. The van der Waals surface area contributed by atoms with Gasteiger partial charge >= 0.3 is 23.9 Å². The highest BCUT2D eigenvalue weighted by Gasteiger charge is 2.53. The number of aliphatic hydroxyl groups is 1. The van der Waals surface area contributed by atoms with E-state index in [1.54, 1.807) is 20.8 Å². The summed E-state index contributed by atoms with van der Waals surface area (Å²) in [5.74, 6) is 4.43. The average molecular weight is 1540 g/mol. The topological polar surface area (TPSA) is 280 Å². The number of nitrogens with zero attached hydrogens (tertiary/aromatic N) is 5. The van der Waals surface area contributed by atoms with Crippen LogP contribution in [0.5, 0.6) is 0 Å². The van der Waals surface area contributed by atoms with Crippen molar-refractivity contribution in [1.82, 2.24) is 20.0 Å². The van der Waals surface area contributed by atoms with Gasteiger partial charge in [0.15, 0.2) is 0 Å². The molecule has 5 unspecified atom stereocenters. The van der Waals surface area contributed by atoms with E-state index >= 15 is 0 Å². The summed E-state index contributed by atoms with van der Waals surface area (Å²) in [6.07, 6.45) is 17.0. The molecule has 0 spiro atoms. The number of halogens is 1. The predicted molar refractivity (Wildman–Crippen MR) is 418 cm³/mol. The number of carbonyl (C=O) groups excluding carboxylic acids is 4. The quantitative estimate of drug-likeness (QED) is 0.0160. The van der Waals surface area contributed by atoms with E-state index in [2.05, 4.69) is 40.9 Å². The van der Waals surface area contributed by atoms with Crippen LogP contribution in [-0.2, 0) is 52.3 Å². The fourth-order valence-corrected chi connectivity index (χ4v) is 16.4. The molecule has 13 aliphatic heterocycles. The van der Waals surface area contributed by atoms with Crippen LogP contribution in [0.1, 0.15) is 153 Å². The summed E-state index contributed by atoms with van der Waals surface area (Å²) in [6, 6.07) is 39.7. The Morgan fingerprint density at radius 1 is 0.623 bits per heavy atom. The predicted octanol–water partition coefficient (Wildman–Crippen LogP) is 11.5. The Morgan fingerprint density at radius 2 is 1.09 bits per heavy atom. The van der Waals surface area contributed by atoms with Gasteiger partial charge in [-0.2, -0.15) is 0 Å². The van der Waals surface area contributed by atoms with E-state index in [0.717, 1.165) is 187 Å². The van der Waals surface area contributed by atoms with Crippen LogP contribution in [-0.4, -0.2) is 227 Å². The van der Waals surface area contributed by atoms with Crippen molar-refractivity contribution >= 4 is 51.2 Å². The summed E-state index contributed by atoms with van der Waals surface area (Å²) in [5, 5.41) is 31.9. The number of ether oxygens (including phenoxy) is 7. The fourth-order valence-electron chi connectivity index (χ4n) is 15.8. The number of rotatable bonds is 20. The Hall–Kier alpha value is -6.38. The number of aliphatic hydroxyl groups excluding tert-OH is 1. The van der Waals surface area contributed by atoms with Crippen molar-refractivity contribution in [3.63, 3.8) is 0 Å². The second-order valence-electron chi connectivity index (χ2n) is 28.8. The summed E-state index contributed by atoms with van der Waals surface area (Å²) < 4.78 is 35.5. The Morgan fingerprint density at radius 3 is 1.51 bits per heavy atom. The summed E-state index contributed by atoms with van der Waals surface area (Å²) in [6.45, 7) is 23.5. The van der Waals surface area contributed by atoms with Gasteiger partial charge in [-0.3, -0.25) is 54.4 Å². The van der Waals surface area contributed by atoms with Crippen molar-refractivity contribution in [2.45, 2.75) is 154 Å². The van der Waals surface area contributed by atoms with Gasteiger partial charge in [-0.05, 0) is 222 Å². The molecule has 23 heteroatoms. The molecular weight excluding hydrogens is 1410 g/mol. The van der Waals surface area contributed by atoms with Crippen molar-refractivity contribution < 1.29 is 62.4 Å². The lowest BCUT2D eigenvalue weighted by Crippen LogP contribution is -2.63. The normalized spacial score (nSPS) is 25.5. The summed E-state index contributed by atoms with van der Waals surface area (Å²) >= 11 is 3.46. The van der Waals surface area contributed by atoms with Crippen LogP contribution in [0, 0.1) is 56.9 Å². The van der Waals surface area contributed by atoms with Crippen LogP contribution in [0.4, 0.5) is 0 Å². The van der Waals surface area contributed by atoms with Crippen molar-refractivity contribution in [2.24, 2.45) is 52.2 Å². The van der Waals surface area contributed by atoms with Crippen molar-refractivity contribution in [1.29, 1.82) is 5.41 Å². The number of hydrogen-bond donors (Lipinski definition) is 4. The summed E-state index contributed by atoms with van der Waals surface area (Å²) in [7, 11) is 0. The second kappa shape index (κ2) is 48.9. The summed E-state index contributed by atoms with van der Waals surface area (Å²) in [4.78, 5) is 68.2. The van der Waals surface area contributed by atoms with Crippen molar-refractivity contribution in [3.05, 3.63) is 154 Å². The third kappa shape index (κ3) is 28.9. The molecule has 0 aliphatic carbocycles. The molecule has 586 valence electrons. The Kier molecular flexibility index (Phi) is 40.1. The first-order valence-electron chi connectivity index (χ1n) is 39.4. The first-order chi connectivity index (χ1) is 51.6. The zero-order chi connectivity index (χ0) is 75.7. The molecule has 22 nitrogen and oxygen atoms in total. The number of piperidine rings is 9. The molecule has 13 fully saturated rings. The highest BCUT2D eigenvalue weighted by molar-refractivity contribution is 9.09. The van der Waals surface area contributed by atoms with E-state index in [4.69, 9.17) is 49.4 Å². The fraction of sp³-hybridized carbons (Fsp3) is 0.639. The van der Waals surface area contributed by atoms with Crippen LogP contribution in [0.15, 0.2) is 126 Å². The van der Waals surface area contributed by atoms with Crippen LogP contribution in [0.25, 0.3) is 0 Å². The Balaban J connectivity index is 0.000000172. The molecule has 0 saturated carbocycles. The number of carbonyl (C=O) groups is 4. The monoisotopic (exact) mass is 1530 g/mol. The van der Waals surface area contributed by atoms with Gasteiger partial charge in [-0.15, -0.1) is 0 Å². The number of nitrogens with two attached hydrogens (primary N) is 1. The smallest absolute Gasteiger partial charge is 0.327 e. The zero-order valence-electron chi connectivity index (χ0n) is 63.6. The van der Waals surface area contributed by atoms with Crippen LogP contribution >= 0.6 is 15.9 Å². The molecule has 13 aliphatic rings. The van der Waals surface area contributed by atoms with Gasteiger partial charge < -0.3 is 49.3 Å². The van der Waals surface area contributed by atoms with Crippen LogP contribution in [0.3, 0.4) is 0 Å². The second-order valence-corrected chi connectivity index (χ2v) is 29.5. The van der Waals surface area contributed by atoms with E-state index in [1.165, 1.54) is 64.7 Å². The number of aliphatic imine (C=N–C) groups is 1. The molecule has 17 rings (SSSR count). The number of esters is 4. The van der Waals surface area contributed by atoms with Crippen molar-refractivity contribution in [3.8, 4) is 0 Å². The van der Waals surface area contributed by atoms with Crippen LogP contribution < -0.4 is 11.1 Å². The van der Waals surface area contributed by atoms with E-state index in [0.29, 0.717) is 56.5 Å². The maximum absolute atomic E-state index is 12.2. The lowest BCUT2D eigenvalue weighted by atomic mass is 9.73. The molecule has 0 radical (unpaired) electrons. The molecule has 5 N–H and O–H groups in total. The molecule has 13 saturated heterocycles.